The summed E-state index contributed by atoms with van der Waals surface area (Å²) in [6.07, 6.45) is 1.75. The smallest absolute Gasteiger partial charge is 0.217 e. The molecule has 0 bridgehead atoms. The third-order valence-corrected chi connectivity index (χ3v) is 3.29. The first-order chi connectivity index (χ1) is 9.58. The van der Waals surface area contributed by atoms with Gasteiger partial charge in [-0.05, 0) is 13.8 Å². The number of anilines is 1. The second-order valence-electron chi connectivity index (χ2n) is 4.19. The van der Waals surface area contributed by atoms with E-state index in [4.69, 9.17) is 21.7 Å². The minimum absolute atomic E-state index is 0.0305. The summed E-state index contributed by atoms with van der Waals surface area (Å²) < 4.78 is 10.8. The quantitative estimate of drug-likeness (QED) is 0.856. The van der Waals surface area contributed by atoms with Crippen LogP contribution < -0.4 is 14.8 Å². The molecule has 0 aliphatic carbocycles. The van der Waals surface area contributed by atoms with Crippen molar-refractivity contribution in [1.29, 1.82) is 0 Å². The highest BCUT2D eigenvalue weighted by Gasteiger charge is 2.10. The van der Waals surface area contributed by atoms with Crippen LogP contribution in [0.15, 0.2) is 23.7 Å². The molecule has 0 fully saturated rings. The van der Waals surface area contributed by atoms with Crippen LogP contribution in [-0.2, 0) is 0 Å². The molecule has 0 saturated heterocycles. The average molecular weight is 309 g/mol. The lowest BCUT2D eigenvalue weighted by Crippen LogP contribution is -2.13. The zero-order chi connectivity index (χ0) is 14.5. The second-order valence-corrected chi connectivity index (χ2v) is 5.50. The topological polar surface area (TPSA) is 56.3 Å². The molecule has 0 spiro atoms. The molecule has 0 unspecified atom stereocenters. The van der Waals surface area contributed by atoms with E-state index in [-0.39, 0.29) is 6.10 Å². The van der Waals surface area contributed by atoms with Crippen molar-refractivity contribution in [3.63, 3.8) is 0 Å². The summed E-state index contributed by atoms with van der Waals surface area (Å²) in [7, 11) is 1.56. The molecule has 106 valence electrons. The van der Waals surface area contributed by atoms with E-state index in [2.05, 4.69) is 15.3 Å². The lowest BCUT2D eigenvalue weighted by atomic mass is 10.2. The molecule has 7 heteroatoms. The Morgan fingerprint density at radius 1 is 1.35 bits per heavy atom. The fourth-order valence-electron chi connectivity index (χ4n) is 1.47. The summed E-state index contributed by atoms with van der Waals surface area (Å²) >= 11 is 6.85. The molecule has 0 saturated carbocycles. The van der Waals surface area contributed by atoms with E-state index >= 15 is 0 Å². The Hall–Kier alpha value is -1.73. The van der Waals surface area contributed by atoms with Gasteiger partial charge in [0, 0.05) is 29.3 Å². The maximum absolute atomic E-state index is 5.59. The van der Waals surface area contributed by atoms with Gasteiger partial charge in [-0.1, -0.05) is 12.2 Å². The number of nitrogens with zero attached hydrogens (tertiary/aromatic N) is 2. The van der Waals surface area contributed by atoms with Crippen LogP contribution >= 0.6 is 23.6 Å². The molecule has 2 rings (SSSR count). The predicted octanol–water partition coefficient (Wildman–Crippen LogP) is 3.12. The number of nitrogens with one attached hydrogen (secondary N) is 1. The van der Waals surface area contributed by atoms with Crippen LogP contribution in [0, 0.1) is 0 Å². The van der Waals surface area contributed by atoms with E-state index in [9.17, 15) is 0 Å². The van der Waals surface area contributed by atoms with Crippen LogP contribution in [0.25, 0.3) is 0 Å². The van der Waals surface area contributed by atoms with Crippen molar-refractivity contribution in [2.45, 2.75) is 20.0 Å². The van der Waals surface area contributed by atoms with E-state index in [0.29, 0.717) is 16.7 Å². The van der Waals surface area contributed by atoms with Crippen LogP contribution in [0.5, 0.6) is 11.8 Å². The van der Waals surface area contributed by atoms with E-state index < -0.39 is 0 Å². The molecule has 0 aromatic carbocycles. The van der Waals surface area contributed by atoms with Gasteiger partial charge in [-0.3, -0.25) is 0 Å². The van der Waals surface area contributed by atoms with Gasteiger partial charge in [0.15, 0.2) is 5.13 Å². The predicted molar refractivity (Wildman–Crippen MR) is 84.0 cm³/mol. The molecule has 2 aromatic rings. The van der Waals surface area contributed by atoms with Gasteiger partial charge in [-0.2, -0.15) is 4.98 Å². The van der Waals surface area contributed by atoms with Gasteiger partial charge in [0.25, 0.3) is 0 Å². The largest absolute Gasteiger partial charge is 0.481 e. The monoisotopic (exact) mass is 309 g/mol. The Balaban J connectivity index is 2.23. The van der Waals surface area contributed by atoms with Crippen molar-refractivity contribution in [3.05, 3.63) is 29.3 Å². The highest BCUT2D eigenvalue weighted by Crippen LogP contribution is 2.21. The number of thiocarbonyl (C=S) groups is 1. The van der Waals surface area contributed by atoms with Crippen molar-refractivity contribution in [2.24, 2.45) is 0 Å². The summed E-state index contributed by atoms with van der Waals surface area (Å²) in [6, 6.07) is 3.54. The molecular formula is C13H15N3O2S2. The molecule has 0 amide bonds. The molecule has 5 nitrogen and oxygen atoms in total. The molecule has 0 atom stereocenters. The van der Waals surface area contributed by atoms with Crippen LogP contribution in [0.4, 0.5) is 5.13 Å². The third-order valence-electron chi connectivity index (χ3n) is 2.26. The Labute approximate surface area is 127 Å². The number of pyridine rings is 1. The molecule has 1 N–H and O–H groups in total. The second kappa shape index (κ2) is 6.62. The van der Waals surface area contributed by atoms with E-state index in [1.807, 2.05) is 19.2 Å². The number of ether oxygens (including phenoxy) is 2. The first-order valence-electron chi connectivity index (χ1n) is 6.02. The van der Waals surface area contributed by atoms with Crippen LogP contribution in [-0.4, -0.2) is 28.2 Å². The lowest BCUT2D eigenvalue weighted by Gasteiger charge is -2.12. The number of hydrogen-bond donors (Lipinski definition) is 1. The first kappa shape index (κ1) is 14.7. The maximum Gasteiger partial charge on any atom is 0.217 e. The number of thiazole rings is 1. The summed E-state index contributed by atoms with van der Waals surface area (Å²) in [4.78, 5) is 8.91. The van der Waals surface area contributed by atoms with Gasteiger partial charge < -0.3 is 14.8 Å². The highest BCUT2D eigenvalue weighted by atomic mass is 32.1. The van der Waals surface area contributed by atoms with Crippen molar-refractivity contribution < 1.29 is 9.47 Å². The number of rotatable bonds is 5. The lowest BCUT2D eigenvalue weighted by molar-refractivity contribution is 0.229. The molecule has 0 aliphatic heterocycles. The number of hydrogen-bond acceptors (Lipinski definition) is 6. The number of methoxy groups -OCH3 is 1. The van der Waals surface area contributed by atoms with Crippen LogP contribution in [0.1, 0.15) is 19.4 Å². The molecule has 2 aromatic heterocycles. The molecular weight excluding hydrogens is 294 g/mol. The summed E-state index contributed by atoms with van der Waals surface area (Å²) in [5.74, 6) is 0.944. The maximum atomic E-state index is 5.59. The number of aromatic nitrogens is 2. The van der Waals surface area contributed by atoms with Gasteiger partial charge >= 0.3 is 0 Å². The first-order valence-corrected chi connectivity index (χ1v) is 7.31. The summed E-state index contributed by atoms with van der Waals surface area (Å²) in [6.45, 7) is 3.87. The SMILES string of the molecule is COc1cc(C(=S)Nc2nccs2)cc(OC(C)C)n1. The summed E-state index contributed by atoms with van der Waals surface area (Å²) in [5.41, 5.74) is 0.776. The third kappa shape index (κ3) is 3.88. The zero-order valence-electron chi connectivity index (χ0n) is 11.4. The van der Waals surface area contributed by atoms with Crippen LogP contribution in [0.3, 0.4) is 0 Å². The standard InChI is InChI=1S/C13H15N3O2S2/c1-8(2)18-11-7-9(6-10(15-11)17-3)12(19)16-13-14-4-5-20-13/h4-8H,1-3H3,(H,14,16,19). The Morgan fingerprint density at radius 3 is 2.70 bits per heavy atom. The van der Waals surface area contributed by atoms with E-state index in [1.165, 1.54) is 11.3 Å². The van der Waals surface area contributed by atoms with Crippen molar-refractivity contribution in [2.75, 3.05) is 12.4 Å². The van der Waals surface area contributed by atoms with Crippen molar-refractivity contribution in [1.82, 2.24) is 9.97 Å². The fourth-order valence-corrected chi connectivity index (χ4v) is 2.29. The molecule has 20 heavy (non-hydrogen) atoms. The van der Waals surface area contributed by atoms with Gasteiger partial charge in [-0.15, -0.1) is 11.3 Å². The van der Waals surface area contributed by atoms with Crippen LogP contribution in [0.2, 0.25) is 0 Å². The normalized spacial score (nSPS) is 10.4. The van der Waals surface area contributed by atoms with Crippen molar-refractivity contribution >= 4 is 33.7 Å². The van der Waals surface area contributed by atoms with Gasteiger partial charge in [-0.25, -0.2) is 4.98 Å². The van der Waals surface area contributed by atoms with E-state index in [0.717, 1.165) is 10.7 Å². The minimum atomic E-state index is 0.0305. The zero-order valence-corrected chi connectivity index (χ0v) is 13.0. The molecule has 2 heterocycles. The molecule has 0 radical (unpaired) electrons. The van der Waals surface area contributed by atoms with Crippen molar-refractivity contribution in [3.8, 4) is 11.8 Å². The minimum Gasteiger partial charge on any atom is -0.481 e. The Bertz CT molecular complexity index is 585. The average Bonchev–Trinajstić information content (AvgIpc) is 2.90. The van der Waals surface area contributed by atoms with E-state index in [1.54, 1.807) is 25.4 Å². The Morgan fingerprint density at radius 2 is 2.10 bits per heavy atom. The summed E-state index contributed by atoms with van der Waals surface area (Å²) in [5, 5.41) is 5.70. The fraction of sp³-hybridized carbons (Fsp3) is 0.308. The highest BCUT2D eigenvalue weighted by molar-refractivity contribution is 7.81. The van der Waals surface area contributed by atoms with Gasteiger partial charge in [0.1, 0.15) is 4.99 Å². The van der Waals surface area contributed by atoms with Gasteiger partial charge in [0.05, 0.1) is 13.2 Å². The Kier molecular flexibility index (Phi) is 4.86. The molecule has 0 aliphatic rings. The van der Waals surface area contributed by atoms with Gasteiger partial charge in [0.2, 0.25) is 11.8 Å².